The van der Waals surface area contributed by atoms with Gasteiger partial charge in [-0.25, -0.2) is 9.29 Å². The van der Waals surface area contributed by atoms with Crippen LogP contribution in [-0.4, -0.2) is 11.1 Å². The van der Waals surface area contributed by atoms with Gasteiger partial charge in [-0.1, -0.05) is 41.4 Å². The third-order valence-electron chi connectivity index (χ3n) is 4.00. The molecule has 8 heteroatoms. The number of carbonyl (C=O) groups is 2. The quantitative estimate of drug-likeness (QED) is 0.434. The Bertz CT molecular complexity index is 1120. The van der Waals surface area contributed by atoms with Gasteiger partial charge in [0.1, 0.15) is 17.3 Å². The largest absolute Gasteiger partial charge is 0.457 e. The fraction of sp³-hybridized carbons (Fsp3) is 0. The number of benzene rings is 2. The Morgan fingerprint density at radius 1 is 0.964 bits per heavy atom. The lowest BCUT2D eigenvalue weighted by atomic mass is 10.2. The molecule has 2 amide bonds. The zero-order valence-electron chi connectivity index (χ0n) is 14.0. The predicted octanol–water partition coefficient (Wildman–Crippen LogP) is 6.63. The van der Waals surface area contributed by atoms with Gasteiger partial charge in [0.15, 0.2) is 0 Å². The highest BCUT2D eigenvalue weighted by Crippen LogP contribution is 2.39. The smallest absolute Gasteiger partial charge is 0.298 e. The maximum Gasteiger partial charge on any atom is 0.298 e. The van der Waals surface area contributed by atoms with Gasteiger partial charge >= 0.3 is 0 Å². The van der Waals surface area contributed by atoms with E-state index in [9.17, 15) is 14.0 Å². The van der Waals surface area contributed by atoms with Gasteiger partial charge in [-0.2, -0.15) is 0 Å². The number of anilines is 1. The molecule has 2 heterocycles. The summed E-state index contributed by atoms with van der Waals surface area (Å²) < 4.78 is 19.7. The highest BCUT2D eigenvalue weighted by Gasteiger charge is 2.37. The van der Waals surface area contributed by atoms with E-state index in [0.717, 1.165) is 4.90 Å². The molecule has 0 radical (unpaired) electrons. The predicted molar refractivity (Wildman–Crippen MR) is 109 cm³/mol. The van der Waals surface area contributed by atoms with Crippen molar-refractivity contribution in [2.45, 2.75) is 0 Å². The average Bonchev–Trinajstić information content (AvgIpc) is 3.21. The van der Waals surface area contributed by atoms with Crippen LogP contribution in [0.15, 0.2) is 63.9 Å². The van der Waals surface area contributed by atoms with E-state index < -0.39 is 17.0 Å². The average molecular weight is 434 g/mol. The summed E-state index contributed by atoms with van der Waals surface area (Å²) in [6.07, 6.45) is 1.43. The second-order valence-electron chi connectivity index (χ2n) is 5.77. The van der Waals surface area contributed by atoms with Crippen molar-refractivity contribution >= 4 is 57.9 Å². The van der Waals surface area contributed by atoms with Crippen LogP contribution in [0.5, 0.6) is 0 Å². The Kier molecular flexibility index (Phi) is 5.02. The molecule has 1 aromatic heterocycles. The molecule has 0 saturated carbocycles. The highest BCUT2D eigenvalue weighted by molar-refractivity contribution is 8.19. The summed E-state index contributed by atoms with van der Waals surface area (Å²) in [5.74, 6) is -0.506. The second kappa shape index (κ2) is 7.47. The number of halogens is 3. The molecule has 0 N–H and O–H groups in total. The van der Waals surface area contributed by atoms with E-state index in [1.54, 1.807) is 36.4 Å². The van der Waals surface area contributed by atoms with Gasteiger partial charge in [-0.15, -0.1) is 0 Å². The summed E-state index contributed by atoms with van der Waals surface area (Å²) in [6.45, 7) is 0. The lowest BCUT2D eigenvalue weighted by Crippen LogP contribution is -2.28. The molecule has 0 unspecified atom stereocenters. The Labute approximate surface area is 173 Å². The number of rotatable bonds is 3. The molecule has 0 spiro atoms. The third kappa shape index (κ3) is 3.35. The summed E-state index contributed by atoms with van der Waals surface area (Å²) in [5.41, 5.74) is 0.446. The fourth-order valence-corrected chi connectivity index (χ4v) is 4.13. The minimum Gasteiger partial charge on any atom is -0.457 e. The van der Waals surface area contributed by atoms with Crippen molar-refractivity contribution < 1.29 is 18.4 Å². The first-order chi connectivity index (χ1) is 13.5. The molecule has 0 atom stereocenters. The van der Waals surface area contributed by atoms with Crippen LogP contribution in [0.2, 0.25) is 10.0 Å². The number of hydrogen-bond donors (Lipinski definition) is 0. The molecule has 0 aliphatic carbocycles. The standard InChI is InChI=1S/C20H10Cl2FNO3S/c21-12-4-3-5-13(22)18(12)16-9-8-11(27-16)10-17-19(25)24(20(26)28-17)15-7-2-1-6-14(15)23/h1-10H/b17-10+. The van der Waals surface area contributed by atoms with E-state index in [0.29, 0.717) is 38.9 Å². The Morgan fingerprint density at radius 3 is 2.39 bits per heavy atom. The van der Waals surface area contributed by atoms with Crippen molar-refractivity contribution in [3.63, 3.8) is 0 Å². The molecule has 4 nitrogen and oxygen atoms in total. The maximum absolute atomic E-state index is 14.0. The zero-order valence-corrected chi connectivity index (χ0v) is 16.3. The van der Waals surface area contributed by atoms with Crippen molar-refractivity contribution in [3.8, 4) is 11.3 Å². The maximum atomic E-state index is 14.0. The van der Waals surface area contributed by atoms with Crippen LogP contribution >= 0.6 is 35.0 Å². The topological polar surface area (TPSA) is 50.5 Å². The minimum absolute atomic E-state index is 0.0867. The van der Waals surface area contributed by atoms with Crippen LogP contribution in [0.4, 0.5) is 14.9 Å². The number of furan rings is 1. The van der Waals surface area contributed by atoms with Crippen molar-refractivity contribution in [3.05, 3.63) is 81.1 Å². The molecule has 1 aliphatic rings. The Morgan fingerprint density at radius 2 is 1.68 bits per heavy atom. The van der Waals surface area contributed by atoms with Gasteiger partial charge in [0.05, 0.1) is 26.2 Å². The van der Waals surface area contributed by atoms with E-state index in [1.807, 2.05) is 0 Å². The SMILES string of the molecule is O=C1S/C(=C/c2ccc(-c3c(Cl)cccc3Cl)o2)C(=O)N1c1ccccc1F. The molecule has 28 heavy (non-hydrogen) atoms. The molecule has 4 rings (SSSR count). The van der Waals surface area contributed by atoms with Gasteiger partial charge in [0.25, 0.3) is 11.1 Å². The molecule has 0 bridgehead atoms. The van der Waals surface area contributed by atoms with E-state index in [-0.39, 0.29) is 10.6 Å². The van der Waals surface area contributed by atoms with Crippen LogP contribution in [-0.2, 0) is 4.79 Å². The van der Waals surface area contributed by atoms with E-state index in [1.165, 1.54) is 24.3 Å². The van der Waals surface area contributed by atoms with Gasteiger partial charge < -0.3 is 4.42 Å². The Hall–Kier alpha value is -2.54. The normalized spacial score (nSPS) is 15.7. The van der Waals surface area contributed by atoms with Crippen LogP contribution in [0.1, 0.15) is 5.76 Å². The number of thioether (sulfide) groups is 1. The molecule has 140 valence electrons. The summed E-state index contributed by atoms with van der Waals surface area (Å²) in [6, 6.07) is 14.0. The molecule has 1 aliphatic heterocycles. The number of para-hydroxylation sites is 1. The monoisotopic (exact) mass is 433 g/mol. The molecule has 3 aromatic rings. The van der Waals surface area contributed by atoms with Crippen molar-refractivity contribution in [2.24, 2.45) is 0 Å². The van der Waals surface area contributed by atoms with Gasteiger partial charge in [0.2, 0.25) is 0 Å². The highest BCUT2D eigenvalue weighted by atomic mass is 35.5. The third-order valence-corrected chi connectivity index (χ3v) is 5.50. The van der Waals surface area contributed by atoms with Crippen molar-refractivity contribution in [1.82, 2.24) is 0 Å². The molecule has 2 aromatic carbocycles. The second-order valence-corrected chi connectivity index (χ2v) is 7.57. The van der Waals surface area contributed by atoms with Gasteiger partial charge in [-0.3, -0.25) is 9.59 Å². The minimum atomic E-state index is -0.653. The lowest BCUT2D eigenvalue weighted by molar-refractivity contribution is -0.113. The van der Waals surface area contributed by atoms with Crippen LogP contribution in [0.3, 0.4) is 0 Å². The number of carbonyl (C=O) groups excluding carboxylic acids is 2. The summed E-state index contributed by atoms with van der Waals surface area (Å²) in [4.78, 5) is 25.8. The molecule has 1 saturated heterocycles. The fourth-order valence-electron chi connectivity index (χ4n) is 2.74. The summed E-state index contributed by atoms with van der Waals surface area (Å²) in [7, 11) is 0. The number of hydrogen-bond acceptors (Lipinski definition) is 4. The Balaban J connectivity index is 1.66. The number of imide groups is 1. The first kappa shape index (κ1) is 18.8. The van der Waals surface area contributed by atoms with Gasteiger partial charge in [0, 0.05) is 6.08 Å². The lowest BCUT2D eigenvalue weighted by Gasteiger charge is -2.12. The van der Waals surface area contributed by atoms with Crippen molar-refractivity contribution in [2.75, 3.05) is 4.90 Å². The zero-order chi connectivity index (χ0) is 19.8. The van der Waals surface area contributed by atoms with Crippen molar-refractivity contribution in [1.29, 1.82) is 0 Å². The number of amides is 2. The van der Waals surface area contributed by atoms with E-state index >= 15 is 0 Å². The van der Waals surface area contributed by atoms with E-state index in [2.05, 4.69) is 0 Å². The van der Waals surface area contributed by atoms with Crippen LogP contribution in [0, 0.1) is 5.82 Å². The molecular formula is C20H10Cl2FNO3S. The van der Waals surface area contributed by atoms with Gasteiger partial charge in [-0.05, 0) is 48.2 Å². The van der Waals surface area contributed by atoms with Crippen LogP contribution < -0.4 is 4.90 Å². The molecule has 1 fully saturated rings. The first-order valence-corrected chi connectivity index (χ1v) is 9.59. The summed E-state index contributed by atoms with van der Waals surface area (Å²) >= 11 is 13.1. The molecular weight excluding hydrogens is 424 g/mol. The first-order valence-electron chi connectivity index (χ1n) is 8.02. The number of nitrogens with zero attached hydrogens (tertiary/aromatic N) is 1. The van der Waals surface area contributed by atoms with Crippen LogP contribution in [0.25, 0.3) is 17.4 Å². The summed E-state index contributed by atoms with van der Waals surface area (Å²) in [5, 5.41) is 0.267. The van der Waals surface area contributed by atoms with E-state index in [4.69, 9.17) is 27.6 Å².